The second kappa shape index (κ2) is 10.7. The van der Waals surface area contributed by atoms with Crippen LogP contribution in [0.5, 0.6) is 0 Å². The third kappa shape index (κ3) is 4.24. The van der Waals surface area contributed by atoms with Crippen LogP contribution in [-0.2, 0) is 42.8 Å². The average Bonchev–Trinajstić information content (AvgIpc) is 3.04. The maximum absolute atomic E-state index is 12.6. The fourth-order valence-corrected chi connectivity index (χ4v) is 9.88. The first-order valence-electron chi connectivity index (χ1n) is 14.5. The zero-order chi connectivity index (χ0) is 29.0. The van der Waals surface area contributed by atoms with E-state index in [9.17, 15) is 14.4 Å². The molecule has 0 spiro atoms. The van der Waals surface area contributed by atoms with E-state index < -0.39 is 35.2 Å². The Morgan fingerprint density at radius 3 is 2.27 bits per heavy atom. The maximum atomic E-state index is 12.6. The molecule has 0 amide bonds. The van der Waals surface area contributed by atoms with Crippen molar-refractivity contribution in [2.24, 2.45) is 28.6 Å². The Kier molecular flexibility index (Phi) is 7.87. The molecule has 4 fully saturated rings. The highest BCUT2D eigenvalue weighted by Crippen LogP contribution is 2.70. The van der Waals surface area contributed by atoms with Gasteiger partial charge in [0.15, 0.2) is 11.7 Å². The van der Waals surface area contributed by atoms with E-state index in [-0.39, 0.29) is 41.3 Å². The highest BCUT2D eigenvalue weighted by atomic mass is 16.6. The van der Waals surface area contributed by atoms with Crippen LogP contribution >= 0.6 is 0 Å². The summed E-state index contributed by atoms with van der Waals surface area (Å²) in [5.41, 5.74) is -0.809. The van der Waals surface area contributed by atoms with Gasteiger partial charge in [-0.1, -0.05) is 18.6 Å². The molecule has 10 heteroatoms. The maximum Gasteiger partial charge on any atom is 0.303 e. The summed E-state index contributed by atoms with van der Waals surface area (Å²) < 4.78 is 36.7. The van der Waals surface area contributed by atoms with Gasteiger partial charge in [0.2, 0.25) is 0 Å². The van der Waals surface area contributed by atoms with Crippen LogP contribution in [-0.4, -0.2) is 100 Å². The number of methoxy groups -OCH3 is 3. The molecule has 1 aliphatic heterocycles. The number of hydrogen-bond acceptors (Lipinski definition) is 10. The number of esters is 3. The van der Waals surface area contributed by atoms with E-state index in [4.69, 9.17) is 28.4 Å². The van der Waals surface area contributed by atoms with Gasteiger partial charge in [-0.05, 0) is 43.6 Å². The lowest BCUT2D eigenvalue weighted by Crippen LogP contribution is -2.72. The summed E-state index contributed by atoms with van der Waals surface area (Å²) in [4.78, 5) is 39.9. The van der Waals surface area contributed by atoms with Gasteiger partial charge >= 0.3 is 17.9 Å². The standard InChI is InChI=1S/C30H45NO9/c1-8-31-14-28-10-9-23(38-17(2)32)29(15-31,16-35-5)26(28)22(36-6)11-20-12-24(37-7)30(40-19(4)34)13-21(28)25(20)27(30)39-18(3)33/h11,21-27H,8-10,12-16H2,1-7H3/t21-,22+,23-,24+,25-,26+,27-,28-,29+,30+/m1/s1. The molecule has 5 rings (SSSR count). The van der Waals surface area contributed by atoms with Gasteiger partial charge < -0.3 is 33.3 Å². The highest BCUT2D eigenvalue weighted by Gasteiger charge is 2.76. The summed E-state index contributed by atoms with van der Waals surface area (Å²) in [6.07, 6.45) is 3.01. The molecule has 0 aromatic heterocycles. The largest absolute Gasteiger partial charge is 0.462 e. The smallest absolute Gasteiger partial charge is 0.303 e. The second-order valence-corrected chi connectivity index (χ2v) is 12.6. The van der Waals surface area contributed by atoms with E-state index >= 15 is 0 Å². The van der Waals surface area contributed by atoms with Crippen molar-refractivity contribution in [3.05, 3.63) is 11.6 Å². The molecule has 4 aliphatic carbocycles. The van der Waals surface area contributed by atoms with Gasteiger partial charge in [-0.25, -0.2) is 0 Å². The molecule has 0 N–H and O–H groups in total. The summed E-state index contributed by atoms with van der Waals surface area (Å²) in [5.74, 6) is -1.31. The molecule has 5 aliphatic rings. The van der Waals surface area contributed by atoms with Crippen molar-refractivity contribution in [1.82, 2.24) is 4.90 Å². The molecule has 0 radical (unpaired) electrons. The third-order valence-corrected chi connectivity index (χ3v) is 10.8. The number of piperidine rings is 1. The van der Waals surface area contributed by atoms with E-state index in [1.807, 2.05) is 0 Å². The first-order chi connectivity index (χ1) is 19.0. The summed E-state index contributed by atoms with van der Waals surface area (Å²) in [5, 5.41) is 0. The van der Waals surface area contributed by atoms with Crippen LogP contribution in [0.2, 0.25) is 0 Å². The van der Waals surface area contributed by atoms with Crippen LogP contribution in [0, 0.1) is 28.6 Å². The lowest BCUT2D eigenvalue weighted by Gasteiger charge is -2.66. The summed E-state index contributed by atoms with van der Waals surface area (Å²) in [6.45, 7) is 9.19. The normalized spacial score (nSPS) is 43.7. The zero-order valence-electron chi connectivity index (χ0n) is 24.9. The molecule has 1 saturated heterocycles. The fourth-order valence-electron chi connectivity index (χ4n) is 9.88. The van der Waals surface area contributed by atoms with Crippen molar-refractivity contribution in [2.75, 3.05) is 47.6 Å². The lowest BCUT2D eigenvalue weighted by atomic mass is 9.45. The van der Waals surface area contributed by atoms with Crippen molar-refractivity contribution >= 4 is 17.9 Å². The van der Waals surface area contributed by atoms with Crippen molar-refractivity contribution in [3.8, 4) is 0 Å². The molecule has 0 unspecified atom stereocenters. The van der Waals surface area contributed by atoms with Crippen LogP contribution in [0.4, 0.5) is 0 Å². The average molecular weight is 564 g/mol. The second-order valence-electron chi connectivity index (χ2n) is 12.6. The number of nitrogens with zero attached hydrogens (tertiary/aromatic N) is 1. The van der Waals surface area contributed by atoms with Crippen LogP contribution in [0.3, 0.4) is 0 Å². The van der Waals surface area contributed by atoms with Crippen molar-refractivity contribution < 1.29 is 42.8 Å². The quantitative estimate of drug-likeness (QED) is 0.248. The first-order valence-corrected chi connectivity index (χ1v) is 14.5. The van der Waals surface area contributed by atoms with Crippen LogP contribution < -0.4 is 0 Å². The first kappa shape index (κ1) is 29.5. The Bertz CT molecular complexity index is 1060. The number of rotatable bonds is 8. The van der Waals surface area contributed by atoms with Crippen molar-refractivity contribution in [2.45, 2.75) is 83.4 Å². The van der Waals surface area contributed by atoms with Crippen LogP contribution in [0.1, 0.15) is 53.4 Å². The molecule has 0 aromatic carbocycles. The number of hydrogen-bond donors (Lipinski definition) is 0. The van der Waals surface area contributed by atoms with E-state index in [1.54, 1.807) is 21.3 Å². The van der Waals surface area contributed by atoms with Gasteiger partial charge in [-0.2, -0.15) is 0 Å². The van der Waals surface area contributed by atoms with E-state index in [0.29, 0.717) is 32.4 Å². The number of likely N-dealkylation sites (tertiary alicyclic amines) is 1. The highest BCUT2D eigenvalue weighted by molar-refractivity contribution is 5.69. The monoisotopic (exact) mass is 563 g/mol. The molecular formula is C30H45NO9. The Morgan fingerprint density at radius 2 is 1.70 bits per heavy atom. The minimum atomic E-state index is -1.09. The number of carbonyl (C=O) groups excluding carboxylic acids is 3. The van der Waals surface area contributed by atoms with Crippen LogP contribution in [0.15, 0.2) is 11.6 Å². The molecule has 40 heavy (non-hydrogen) atoms. The van der Waals surface area contributed by atoms with E-state index in [1.165, 1.54) is 20.8 Å². The summed E-state index contributed by atoms with van der Waals surface area (Å²) in [7, 11) is 5.07. The van der Waals surface area contributed by atoms with E-state index in [2.05, 4.69) is 17.9 Å². The van der Waals surface area contributed by atoms with Gasteiger partial charge in [-0.15, -0.1) is 0 Å². The molecule has 10 nitrogen and oxygen atoms in total. The topological polar surface area (TPSA) is 110 Å². The number of ether oxygens (including phenoxy) is 6. The summed E-state index contributed by atoms with van der Waals surface area (Å²) in [6, 6.07) is 0. The molecule has 224 valence electrons. The Morgan fingerprint density at radius 1 is 0.975 bits per heavy atom. The van der Waals surface area contributed by atoms with Crippen LogP contribution in [0.25, 0.3) is 0 Å². The molecule has 3 saturated carbocycles. The SMILES string of the molecule is CCN1C[C@@]23CC[C@@H](OC(C)=O)[C@@](COC)(C1)[C@H]2[C@@H](OC)C=C1C[C@H](OC)[C@@]2(OC(C)=O)C[C@@H]3[C@@H]1[C@H]2OC(C)=O. The van der Waals surface area contributed by atoms with Crippen molar-refractivity contribution in [1.29, 1.82) is 0 Å². The minimum absolute atomic E-state index is 0.0107. The minimum Gasteiger partial charge on any atom is -0.462 e. The Balaban J connectivity index is 1.75. The Hall–Kier alpha value is -2.01. The van der Waals surface area contributed by atoms with Crippen molar-refractivity contribution in [3.63, 3.8) is 0 Å². The predicted molar refractivity (Wildman–Crippen MR) is 143 cm³/mol. The summed E-state index contributed by atoms with van der Waals surface area (Å²) >= 11 is 0. The van der Waals surface area contributed by atoms with E-state index in [0.717, 1.165) is 25.1 Å². The lowest BCUT2D eigenvalue weighted by molar-refractivity contribution is -0.244. The van der Waals surface area contributed by atoms with Gasteiger partial charge in [0, 0.05) is 72.4 Å². The fraction of sp³-hybridized carbons (Fsp3) is 0.833. The zero-order valence-corrected chi connectivity index (χ0v) is 24.9. The Labute approximate surface area is 237 Å². The van der Waals surface area contributed by atoms with Gasteiger partial charge in [0.25, 0.3) is 0 Å². The van der Waals surface area contributed by atoms with Gasteiger partial charge in [0.05, 0.1) is 12.7 Å². The number of fused-ring (bicyclic) bond motifs is 1. The van der Waals surface area contributed by atoms with Gasteiger partial charge in [0.1, 0.15) is 12.2 Å². The molecule has 1 heterocycles. The molecule has 4 bridgehead atoms. The van der Waals surface area contributed by atoms with Gasteiger partial charge in [-0.3, -0.25) is 14.4 Å². The molecule has 10 atom stereocenters. The number of carbonyl (C=O) groups is 3. The molecular weight excluding hydrogens is 518 g/mol. The predicted octanol–water partition coefficient (Wildman–Crippen LogP) is 2.53. The molecule has 0 aromatic rings. The third-order valence-electron chi connectivity index (χ3n) is 10.8.